The topological polar surface area (TPSA) is 44.3 Å². The van der Waals surface area contributed by atoms with E-state index in [9.17, 15) is 0 Å². The summed E-state index contributed by atoms with van der Waals surface area (Å²) in [6.07, 6.45) is 6.32. The molecule has 2 saturated heterocycles. The van der Waals surface area contributed by atoms with E-state index >= 15 is 0 Å². The first-order valence-corrected chi connectivity index (χ1v) is 9.27. The van der Waals surface area contributed by atoms with Gasteiger partial charge in [0.1, 0.15) is 5.82 Å². The van der Waals surface area contributed by atoms with Crippen molar-refractivity contribution in [3.63, 3.8) is 0 Å². The zero-order valence-electron chi connectivity index (χ0n) is 14.5. The Morgan fingerprint density at radius 1 is 1.08 bits per heavy atom. The highest BCUT2D eigenvalue weighted by molar-refractivity contribution is 5.90. The lowest BCUT2D eigenvalue weighted by atomic mass is 10.1. The van der Waals surface area contributed by atoms with Crippen LogP contribution in [0.5, 0.6) is 0 Å². The lowest BCUT2D eigenvalue weighted by Gasteiger charge is -2.21. The van der Waals surface area contributed by atoms with Crippen LogP contribution in [0, 0.1) is 0 Å². The maximum Gasteiger partial charge on any atom is 0.225 e. The molecule has 3 heterocycles. The van der Waals surface area contributed by atoms with Crippen molar-refractivity contribution in [2.24, 2.45) is 0 Å². The molecular weight excluding hydrogens is 298 g/mol. The van der Waals surface area contributed by atoms with Crippen LogP contribution in [0.2, 0.25) is 0 Å². The molecule has 0 saturated carbocycles. The van der Waals surface area contributed by atoms with Gasteiger partial charge in [-0.3, -0.25) is 0 Å². The van der Waals surface area contributed by atoms with Crippen molar-refractivity contribution < 1.29 is 0 Å². The maximum absolute atomic E-state index is 4.86. The molecule has 0 amide bonds. The van der Waals surface area contributed by atoms with Crippen molar-refractivity contribution in [1.82, 2.24) is 14.9 Å². The van der Waals surface area contributed by atoms with Gasteiger partial charge in [0.25, 0.3) is 0 Å². The van der Waals surface area contributed by atoms with Gasteiger partial charge in [0, 0.05) is 31.1 Å². The minimum atomic E-state index is 0.705. The minimum absolute atomic E-state index is 0.705. The Balaban J connectivity index is 1.52. The van der Waals surface area contributed by atoms with Crippen LogP contribution in [-0.2, 0) is 0 Å². The van der Waals surface area contributed by atoms with E-state index in [2.05, 4.69) is 46.4 Å². The number of fused-ring (bicyclic) bond motifs is 1. The molecule has 1 unspecified atom stereocenters. The molecule has 5 nitrogen and oxygen atoms in total. The van der Waals surface area contributed by atoms with E-state index in [1.54, 1.807) is 0 Å². The Morgan fingerprint density at radius 3 is 2.71 bits per heavy atom. The number of hydrogen-bond donors (Lipinski definition) is 1. The number of rotatable bonds is 5. The first-order chi connectivity index (χ1) is 11.8. The zero-order chi connectivity index (χ0) is 16.4. The molecule has 0 spiro atoms. The van der Waals surface area contributed by atoms with E-state index in [0.717, 1.165) is 43.3 Å². The fraction of sp³-hybridized carbons (Fsp3) is 0.579. The summed E-state index contributed by atoms with van der Waals surface area (Å²) < 4.78 is 0. The third-order valence-electron chi connectivity index (χ3n) is 5.42. The molecule has 2 aromatic rings. The molecule has 2 aliphatic heterocycles. The number of para-hydroxylation sites is 1. The van der Waals surface area contributed by atoms with Gasteiger partial charge >= 0.3 is 0 Å². The lowest BCUT2D eigenvalue weighted by molar-refractivity contribution is 0.301. The Labute approximate surface area is 144 Å². The summed E-state index contributed by atoms with van der Waals surface area (Å²) in [6, 6.07) is 9.07. The van der Waals surface area contributed by atoms with Gasteiger partial charge in [-0.2, -0.15) is 4.98 Å². The average molecular weight is 325 g/mol. The van der Waals surface area contributed by atoms with E-state index in [1.807, 2.05) is 0 Å². The number of aromatic nitrogens is 2. The molecule has 24 heavy (non-hydrogen) atoms. The van der Waals surface area contributed by atoms with E-state index < -0.39 is 0 Å². The molecule has 128 valence electrons. The predicted octanol–water partition coefficient (Wildman–Crippen LogP) is 3.13. The van der Waals surface area contributed by atoms with E-state index in [-0.39, 0.29) is 0 Å². The first-order valence-electron chi connectivity index (χ1n) is 9.27. The second kappa shape index (κ2) is 6.93. The van der Waals surface area contributed by atoms with Crippen molar-refractivity contribution in [2.75, 3.05) is 43.4 Å². The lowest BCUT2D eigenvalue weighted by Crippen LogP contribution is -2.27. The number of hydrogen-bond acceptors (Lipinski definition) is 5. The van der Waals surface area contributed by atoms with Gasteiger partial charge < -0.3 is 15.1 Å². The largest absolute Gasteiger partial charge is 0.356 e. The second-order valence-corrected chi connectivity index (χ2v) is 7.07. The first kappa shape index (κ1) is 15.6. The summed E-state index contributed by atoms with van der Waals surface area (Å²) in [5.41, 5.74) is 1.04. The van der Waals surface area contributed by atoms with Crippen molar-refractivity contribution in [3.05, 3.63) is 24.3 Å². The Bertz CT molecular complexity index is 695. The van der Waals surface area contributed by atoms with Gasteiger partial charge in [0.2, 0.25) is 5.95 Å². The average Bonchev–Trinajstić information content (AvgIpc) is 3.26. The molecule has 0 radical (unpaired) electrons. The van der Waals surface area contributed by atoms with Crippen LogP contribution >= 0.6 is 0 Å². The SMILES string of the molecule is CN1CCCC1CCNc1nc(N2CCCC2)c2ccccc2n1. The summed E-state index contributed by atoms with van der Waals surface area (Å²) >= 11 is 0. The number of benzene rings is 1. The summed E-state index contributed by atoms with van der Waals surface area (Å²) in [5, 5.41) is 4.64. The summed E-state index contributed by atoms with van der Waals surface area (Å²) in [4.78, 5) is 14.5. The number of nitrogens with zero attached hydrogens (tertiary/aromatic N) is 4. The van der Waals surface area contributed by atoms with Crippen molar-refractivity contribution in [1.29, 1.82) is 0 Å². The van der Waals surface area contributed by atoms with Crippen LogP contribution in [0.4, 0.5) is 11.8 Å². The smallest absolute Gasteiger partial charge is 0.225 e. The Kier molecular flexibility index (Phi) is 4.52. The third kappa shape index (κ3) is 3.18. The maximum atomic E-state index is 4.86. The molecule has 5 heteroatoms. The molecule has 0 bridgehead atoms. The quantitative estimate of drug-likeness (QED) is 0.915. The summed E-state index contributed by atoms with van der Waals surface area (Å²) in [5.74, 6) is 1.87. The molecule has 1 aromatic carbocycles. The molecule has 1 atom stereocenters. The van der Waals surface area contributed by atoms with Gasteiger partial charge in [-0.1, -0.05) is 12.1 Å². The van der Waals surface area contributed by atoms with Gasteiger partial charge in [-0.05, 0) is 57.8 Å². The van der Waals surface area contributed by atoms with Crippen LogP contribution in [0.1, 0.15) is 32.1 Å². The highest BCUT2D eigenvalue weighted by Gasteiger charge is 2.21. The van der Waals surface area contributed by atoms with Gasteiger partial charge in [0.05, 0.1) is 5.52 Å². The molecule has 1 N–H and O–H groups in total. The molecule has 2 fully saturated rings. The highest BCUT2D eigenvalue weighted by Crippen LogP contribution is 2.28. The highest BCUT2D eigenvalue weighted by atomic mass is 15.2. The van der Waals surface area contributed by atoms with Crippen LogP contribution in [0.3, 0.4) is 0 Å². The van der Waals surface area contributed by atoms with Crippen LogP contribution < -0.4 is 10.2 Å². The van der Waals surface area contributed by atoms with E-state index in [0.29, 0.717) is 6.04 Å². The van der Waals surface area contributed by atoms with Gasteiger partial charge in [-0.25, -0.2) is 4.98 Å². The molecular formula is C19H27N5. The Morgan fingerprint density at radius 2 is 1.92 bits per heavy atom. The second-order valence-electron chi connectivity index (χ2n) is 7.07. The number of anilines is 2. The van der Waals surface area contributed by atoms with Crippen molar-refractivity contribution in [3.8, 4) is 0 Å². The van der Waals surface area contributed by atoms with Gasteiger partial charge in [0.15, 0.2) is 0 Å². The van der Waals surface area contributed by atoms with Crippen LogP contribution in [0.25, 0.3) is 10.9 Å². The number of likely N-dealkylation sites (tertiary alicyclic amines) is 1. The normalized spacial score (nSPS) is 21.7. The van der Waals surface area contributed by atoms with Crippen molar-refractivity contribution in [2.45, 2.75) is 38.1 Å². The molecule has 4 rings (SSSR count). The van der Waals surface area contributed by atoms with Crippen molar-refractivity contribution >= 4 is 22.7 Å². The van der Waals surface area contributed by atoms with Crippen LogP contribution in [0.15, 0.2) is 24.3 Å². The molecule has 2 aliphatic rings. The summed E-state index contributed by atoms with van der Waals surface area (Å²) in [7, 11) is 2.23. The summed E-state index contributed by atoms with van der Waals surface area (Å²) in [6.45, 7) is 4.38. The third-order valence-corrected chi connectivity index (χ3v) is 5.42. The Hall–Kier alpha value is -1.88. The minimum Gasteiger partial charge on any atom is -0.356 e. The zero-order valence-corrected chi connectivity index (χ0v) is 14.5. The molecule has 0 aliphatic carbocycles. The number of nitrogens with one attached hydrogen (secondary N) is 1. The fourth-order valence-electron chi connectivity index (χ4n) is 4.00. The predicted molar refractivity (Wildman–Crippen MR) is 99.7 cm³/mol. The monoisotopic (exact) mass is 325 g/mol. The van der Waals surface area contributed by atoms with E-state index in [1.165, 1.54) is 37.6 Å². The van der Waals surface area contributed by atoms with Crippen LogP contribution in [-0.4, -0.2) is 54.1 Å². The van der Waals surface area contributed by atoms with E-state index in [4.69, 9.17) is 9.97 Å². The fourth-order valence-corrected chi connectivity index (χ4v) is 4.00. The molecule has 1 aromatic heterocycles. The van der Waals surface area contributed by atoms with Gasteiger partial charge in [-0.15, -0.1) is 0 Å². The standard InChI is InChI=1S/C19H27N5/c1-23-12-6-7-15(23)10-11-20-19-21-17-9-3-2-8-16(17)18(22-19)24-13-4-5-14-24/h2-3,8-9,15H,4-7,10-14H2,1H3,(H,20,21,22).